The summed E-state index contributed by atoms with van der Waals surface area (Å²) < 4.78 is 16.7. The summed E-state index contributed by atoms with van der Waals surface area (Å²) in [7, 11) is 1.58. The smallest absolute Gasteiger partial charge is 0.168 e. The normalized spacial score (nSPS) is 25.1. The fraction of sp³-hybridized carbons (Fsp3) is 0.250. The molecule has 0 saturated heterocycles. The largest absolute Gasteiger partial charge is 0.508 e. The van der Waals surface area contributed by atoms with Gasteiger partial charge in [0.1, 0.15) is 29.6 Å². The molecular formula is C16H14O5. The average molecular weight is 286 g/mol. The molecule has 2 N–H and O–H groups in total. The number of hydrogen-bond acceptors (Lipinski definition) is 5. The SMILES string of the molecule is COc1ccc2c(c1)O[C@H]1c3ccc(O)cc3OC[C@]21O. The zero-order valence-corrected chi connectivity index (χ0v) is 11.4. The molecule has 0 amide bonds. The number of benzene rings is 2. The molecule has 0 aromatic heterocycles. The lowest BCUT2D eigenvalue weighted by Crippen LogP contribution is -2.41. The van der Waals surface area contributed by atoms with E-state index in [1.54, 1.807) is 37.4 Å². The lowest BCUT2D eigenvalue weighted by molar-refractivity contribution is -0.0864. The van der Waals surface area contributed by atoms with Crippen LogP contribution in [0.15, 0.2) is 36.4 Å². The molecular weight excluding hydrogens is 272 g/mol. The van der Waals surface area contributed by atoms with Crippen LogP contribution in [0, 0.1) is 0 Å². The van der Waals surface area contributed by atoms with E-state index < -0.39 is 11.7 Å². The quantitative estimate of drug-likeness (QED) is 0.840. The Hall–Kier alpha value is -2.40. The molecule has 2 aromatic rings. The lowest BCUT2D eigenvalue weighted by atomic mass is 9.85. The summed E-state index contributed by atoms with van der Waals surface area (Å²) >= 11 is 0. The Morgan fingerprint density at radius 2 is 2.05 bits per heavy atom. The van der Waals surface area contributed by atoms with Gasteiger partial charge in [0.2, 0.25) is 0 Å². The van der Waals surface area contributed by atoms with Crippen LogP contribution in [0.1, 0.15) is 17.2 Å². The molecule has 0 radical (unpaired) electrons. The molecule has 2 aliphatic heterocycles. The molecule has 108 valence electrons. The van der Waals surface area contributed by atoms with Crippen molar-refractivity contribution in [3.05, 3.63) is 47.5 Å². The number of aliphatic hydroxyl groups is 1. The molecule has 4 rings (SSSR count). The number of rotatable bonds is 1. The minimum absolute atomic E-state index is 0.0768. The van der Waals surface area contributed by atoms with Crippen molar-refractivity contribution in [2.75, 3.05) is 13.7 Å². The highest BCUT2D eigenvalue weighted by molar-refractivity contribution is 5.53. The third-order valence-corrected chi connectivity index (χ3v) is 4.06. The Morgan fingerprint density at radius 3 is 2.86 bits per heavy atom. The van der Waals surface area contributed by atoms with E-state index >= 15 is 0 Å². The maximum atomic E-state index is 11.0. The van der Waals surface area contributed by atoms with Crippen LogP contribution in [-0.2, 0) is 5.60 Å². The summed E-state index contributed by atoms with van der Waals surface area (Å²) in [6, 6.07) is 10.1. The van der Waals surface area contributed by atoms with E-state index in [1.165, 1.54) is 6.07 Å². The number of phenols is 1. The molecule has 2 atom stereocenters. The Labute approximate surface area is 121 Å². The van der Waals surface area contributed by atoms with Gasteiger partial charge in [-0.25, -0.2) is 0 Å². The second-order valence-electron chi connectivity index (χ2n) is 5.30. The van der Waals surface area contributed by atoms with Crippen LogP contribution >= 0.6 is 0 Å². The molecule has 21 heavy (non-hydrogen) atoms. The van der Waals surface area contributed by atoms with Crippen molar-refractivity contribution in [1.82, 2.24) is 0 Å². The van der Waals surface area contributed by atoms with Crippen LogP contribution in [0.3, 0.4) is 0 Å². The Bertz CT molecular complexity index is 727. The van der Waals surface area contributed by atoms with Gasteiger partial charge in [-0.1, -0.05) is 0 Å². The molecule has 0 saturated carbocycles. The first kappa shape index (κ1) is 12.3. The molecule has 2 aromatic carbocycles. The Morgan fingerprint density at radius 1 is 1.19 bits per heavy atom. The van der Waals surface area contributed by atoms with E-state index in [2.05, 4.69) is 0 Å². The summed E-state index contributed by atoms with van der Waals surface area (Å²) in [5, 5.41) is 20.5. The molecule has 5 nitrogen and oxygen atoms in total. The van der Waals surface area contributed by atoms with E-state index in [-0.39, 0.29) is 12.4 Å². The zero-order chi connectivity index (χ0) is 14.6. The number of ether oxygens (including phenoxy) is 3. The minimum atomic E-state index is -1.23. The maximum Gasteiger partial charge on any atom is 0.168 e. The molecule has 0 aliphatic carbocycles. The summed E-state index contributed by atoms with van der Waals surface area (Å²) in [6.07, 6.45) is -0.552. The summed E-state index contributed by atoms with van der Waals surface area (Å²) in [4.78, 5) is 0. The highest BCUT2D eigenvalue weighted by Gasteiger charge is 2.52. The Kier molecular flexibility index (Phi) is 2.38. The standard InChI is InChI=1S/C16H14O5/c1-19-10-3-5-12-14(7-10)21-15-11-4-2-9(17)6-13(11)20-8-16(12,15)18/h2-7,15,17-18H,8H2,1H3/t15-,16-/m0/s1. The highest BCUT2D eigenvalue weighted by atomic mass is 16.5. The van der Waals surface area contributed by atoms with Gasteiger partial charge in [0.25, 0.3) is 0 Å². The van der Waals surface area contributed by atoms with E-state index in [0.29, 0.717) is 22.8 Å². The van der Waals surface area contributed by atoms with Gasteiger partial charge in [-0.3, -0.25) is 0 Å². The second-order valence-corrected chi connectivity index (χ2v) is 5.30. The van der Waals surface area contributed by atoms with Crippen molar-refractivity contribution in [2.45, 2.75) is 11.7 Å². The van der Waals surface area contributed by atoms with Crippen molar-refractivity contribution < 1.29 is 24.4 Å². The number of aromatic hydroxyl groups is 1. The van der Waals surface area contributed by atoms with E-state index in [1.807, 2.05) is 0 Å². The minimum Gasteiger partial charge on any atom is -0.508 e. The third kappa shape index (κ3) is 1.61. The Balaban J connectivity index is 1.84. The topological polar surface area (TPSA) is 68.2 Å². The van der Waals surface area contributed by atoms with Crippen LogP contribution in [0.5, 0.6) is 23.0 Å². The van der Waals surface area contributed by atoms with Crippen molar-refractivity contribution >= 4 is 0 Å². The monoisotopic (exact) mass is 286 g/mol. The van der Waals surface area contributed by atoms with Gasteiger partial charge in [0.15, 0.2) is 11.7 Å². The van der Waals surface area contributed by atoms with Crippen LogP contribution in [0.25, 0.3) is 0 Å². The maximum absolute atomic E-state index is 11.0. The number of fused-ring (bicyclic) bond motifs is 5. The van der Waals surface area contributed by atoms with Gasteiger partial charge in [0.05, 0.1) is 7.11 Å². The van der Waals surface area contributed by atoms with Crippen LogP contribution in [0.2, 0.25) is 0 Å². The predicted octanol–water partition coefficient (Wildman–Crippen LogP) is 2.11. The fourth-order valence-corrected chi connectivity index (χ4v) is 2.98. The van der Waals surface area contributed by atoms with E-state index in [9.17, 15) is 10.2 Å². The van der Waals surface area contributed by atoms with Gasteiger partial charge in [-0.05, 0) is 24.3 Å². The molecule has 5 heteroatoms. The third-order valence-electron chi connectivity index (χ3n) is 4.06. The van der Waals surface area contributed by atoms with Crippen molar-refractivity contribution in [3.63, 3.8) is 0 Å². The van der Waals surface area contributed by atoms with Crippen molar-refractivity contribution in [1.29, 1.82) is 0 Å². The molecule has 0 unspecified atom stereocenters. The van der Waals surface area contributed by atoms with Crippen molar-refractivity contribution in [3.8, 4) is 23.0 Å². The molecule has 0 bridgehead atoms. The lowest BCUT2D eigenvalue weighted by Gasteiger charge is -2.34. The molecule has 0 spiro atoms. The van der Waals surface area contributed by atoms with Crippen LogP contribution < -0.4 is 14.2 Å². The summed E-state index contributed by atoms with van der Waals surface area (Å²) in [6.45, 7) is 0.0768. The van der Waals surface area contributed by atoms with E-state index in [0.717, 1.165) is 5.56 Å². The predicted molar refractivity (Wildman–Crippen MR) is 73.9 cm³/mol. The number of methoxy groups -OCH3 is 1. The second kappa shape index (κ2) is 4.05. The molecule has 0 fully saturated rings. The van der Waals surface area contributed by atoms with Crippen LogP contribution in [0.4, 0.5) is 0 Å². The van der Waals surface area contributed by atoms with Crippen LogP contribution in [-0.4, -0.2) is 23.9 Å². The first-order valence-corrected chi connectivity index (χ1v) is 6.65. The zero-order valence-electron chi connectivity index (χ0n) is 11.4. The number of hydrogen-bond donors (Lipinski definition) is 2. The first-order valence-electron chi connectivity index (χ1n) is 6.65. The number of phenolic OH excluding ortho intramolecular Hbond substituents is 1. The van der Waals surface area contributed by atoms with E-state index in [4.69, 9.17) is 14.2 Å². The summed E-state index contributed by atoms with van der Waals surface area (Å²) in [5.74, 6) is 1.91. The highest BCUT2D eigenvalue weighted by Crippen LogP contribution is 2.54. The van der Waals surface area contributed by atoms with Gasteiger partial charge in [-0.2, -0.15) is 0 Å². The molecule has 2 heterocycles. The molecule has 2 aliphatic rings. The van der Waals surface area contributed by atoms with Crippen molar-refractivity contribution in [2.24, 2.45) is 0 Å². The first-order chi connectivity index (χ1) is 10.1. The van der Waals surface area contributed by atoms with Gasteiger partial charge in [-0.15, -0.1) is 0 Å². The average Bonchev–Trinajstić information content (AvgIpc) is 2.79. The summed E-state index contributed by atoms with van der Waals surface area (Å²) in [5.41, 5.74) is 0.176. The van der Waals surface area contributed by atoms with Gasteiger partial charge >= 0.3 is 0 Å². The fourth-order valence-electron chi connectivity index (χ4n) is 2.98. The van der Waals surface area contributed by atoms with Gasteiger partial charge in [0, 0.05) is 23.3 Å². The van der Waals surface area contributed by atoms with Gasteiger partial charge < -0.3 is 24.4 Å².